The van der Waals surface area contributed by atoms with Crippen LogP contribution in [0.15, 0.2) is 24.5 Å². The predicted octanol–water partition coefficient (Wildman–Crippen LogP) is 1.70. The number of nitro benzene ring substituents is 1. The second-order valence-corrected chi connectivity index (χ2v) is 3.58. The van der Waals surface area contributed by atoms with Gasteiger partial charge in [-0.2, -0.15) is 0 Å². The van der Waals surface area contributed by atoms with Gasteiger partial charge in [0.15, 0.2) is 5.82 Å². The van der Waals surface area contributed by atoms with Crippen LogP contribution >= 0.6 is 0 Å². The van der Waals surface area contributed by atoms with Gasteiger partial charge in [0, 0.05) is 24.7 Å². The molecule has 0 bridgehead atoms. The monoisotopic (exact) mass is 218 g/mol. The fraction of sp³-hybridized carbons (Fsp3) is 0.200. The molecule has 0 N–H and O–H groups in total. The van der Waals surface area contributed by atoms with Crippen LogP contribution in [-0.2, 0) is 7.05 Å². The summed E-state index contributed by atoms with van der Waals surface area (Å²) in [7, 11) is 1.80. The number of hydrogen-bond acceptors (Lipinski definition) is 4. The predicted molar refractivity (Wildman–Crippen MR) is 57.8 cm³/mol. The minimum atomic E-state index is -0.410. The Balaban J connectivity index is 2.58. The maximum absolute atomic E-state index is 10.7. The highest BCUT2D eigenvalue weighted by molar-refractivity contribution is 5.60. The molecular weight excluding hydrogens is 208 g/mol. The normalized spacial score (nSPS) is 10.4. The van der Waals surface area contributed by atoms with Crippen LogP contribution in [0.1, 0.15) is 5.56 Å². The van der Waals surface area contributed by atoms with E-state index in [1.54, 1.807) is 17.9 Å². The van der Waals surface area contributed by atoms with Crippen molar-refractivity contribution in [2.24, 2.45) is 7.05 Å². The van der Waals surface area contributed by atoms with Gasteiger partial charge in [0.05, 0.1) is 4.92 Å². The highest BCUT2D eigenvalue weighted by Crippen LogP contribution is 2.23. The van der Waals surface area contributed by atoms with Crippen LogP contribution in [0.25, 0.3) is 11.4 Å². The van der Waals surface area contributed by atoms with Crippen molar-refractivity contribution in [3.63, 3.8) is 0 Å². The summed E-state index contributed by atoms with van der Waals surface area (Å²) in [5.74, 6) is 0.617. The van der Waals surface area contributed by atoms with E-state index >= 15 is 0 Å². The van der Waals surface area contributed by atoms with Gasteiger partial charge in [-0.25, -0.2) is 0 Å². The Morgan fingerprint density at radius 1 is 1.38 bits per heavy atom. The van der Waals surface area contributed by atoms with Crippen LogP contribution in [0, 0.1) is 17.0 Å². The first-order valence-electron chi connectivity index (χ1n) is 4.68. The molecule has 2 rings (SSSR count). The molecule has 2 aromatic rings. The third-order valence-electron chi connectivity index (χ3n) is 2.24. The van der Waals surface area contributed by atoms with Crippen molar-refractivity contribution in [1.82, 2.24) is 14.8 Å². The summed E-state index contributed by atoms with van der Waals surface area (Å²) in [5, 5.41) is 18.4. The molecule has 0 saturated heterocycles. The average molecular weight is 218 g/mol. The third kappa shape index (κ3) is 1.77. The van der Waals surface area contributed by atoms with Gasteiger partial charge in [-0.05, 0) is 18.6 Å². The Bertz CT molecular complexity index is 548. The first-order valence-corrected chi connectivity index (χ1v) is 4.68. The molecule has 0 saturated carbocycles. The van der Waals surface area contributed by atoms with Crippen molar-refractivity contribution in [1.29, 1.82) is 0 Å². The highest BCUT2D eigenvalue weighted by atomic mass is 16.6. The smallest absolute Gasteiger partial charge is 0.270 e. The summed E-state index contributed by atoms with van der Waals surface area (Å²) in [6.45, 7) is 1.81. The Labute approximate surface area is 91.7 Å². The molecule has 1 aromatic carbocycles. The van der Waals surface area contributed by atoms with Crippen molar-refractivity contribution in [2.45, 2.75) is 6.92 Å². The fourth-order valence-corrected chi connectivity index (χ4v) is 1.54. The number of aryl methyl sites for hydroxylation is 2. The summed E-state index contributed by atoms with van der Waals surface area (Å²) in [4.78, 5) is 10.3. The summed E-state index contributed by atoms with van der Waals surface area (Å²) < 4.78 is 1.72. The van der Waals surface area contributed by atoms with Gasteiger partial charge in [0.2, 0.25) is 0 Å². The SMILES string of the molecule is Cc1cc(-c2nncn2C)cc([N+](=O)[O-])c1. The van der Waals surface area contributed by atoms with Crippen molar-refractivity contribution in [3.05, 3.63) is 40.2 Å². The molecule has 0 aliphatic carbocycles. The Kier molecular flexibility index (Phi) is 2.40. The van der Waals surface area contributed by atoms with Crippen molar-refractivity contribution >= 4 is 5.69 Å². The summed E-state index contributed by atoms with van der Waals surface area (Å²) in [5.41, 5.74) is 1.59. The lowest BCUT2D eigenvalue weighted by molar-refractivity contribution is -0.384. The molecule has 1 aromatic heterocycles. The zero-order valence-corrected chi connectivity index (χ0v) is 8.91. The van der Waals surface area contributed by atoms with Crippen LogP contribution in [0.5, 0.6) is 0 Å². The Morgan fingerprint density at radius 2 is 2.12 bits per heavy atom. The lowest BCUT2D eigenvalue weighted by Gasteiger charge is -2.02. The topological polar surface area (TPSA) is 73.8 Å². The van der Waals surface area contributed by atoms with E-state index in [-0.39, 0.29) is 5.69 Å². The van der Waals surface area contributed by atoms with E-state index in [2.05, 4.69) is 10.2 Å². The molecule has 0 amide bonds. The van der Waals surface area contributed by atoms with Crippen LogP contribution in [0.3, 0.4) is 0 Å². The van der Waals surface area contributed by atoms with Gasteiger partial charge >= 0.3 is 0 Å². The van der Waals surface area contributed by atoms with Crippen LogP contribution in [-0.4, -0.2) is 19.7 Å². The summed E-state index contributed by atoms with van der Waals surface area (Å²) in [6, 6.07) is 4.87. The molecule has 0 atom stereocenters. The van der Waals surface area contributed by atoms with Gasteiger partial charge in [0.1, 0.15) is 6.33 Å². The highest BCUT2D eigenvalue weighted by Gasteiger charge is 2.12. The Hall–Kier alpha value is -2.24. The first kappa shape index (κ1) is 10.3. The maximum atomic E-state index is 10.7. The van der Waals surface area contributed by atoms with Gasteiger partial charge < -0.3 is 4.57 Å². The lowest BCUT2D eigenvalue weighted by atomic mass is 10.1. The van der Waals surface area contributed by atoms with Crippen LogP contribution in [0.4, 0.5) is 5.69 Å². The van der Waals surface area contributed by atoms with E-state index in [1.165, 1.54) is 12.1 Å². The number of nitrogens with zero attached hydrogens (tertiary/aromatic N) is 4. The van der Waals surface area contributed by atoms with E-state index in [9.17, 15) is 10.1 Å². The van der Waals surface area contributed by atoms with Gasteiger partial charge in [-0.1, -0.05) is 0 Å². The van der Waals surface area contributed by atoms with Gasteiger partial charge in [-0.3, -0.25) is 10.1 Å². The minimum absolute atomic E-state index is 0.0676. The maximum Gasteiger partial charge on any atom is 0.270 e. The number of non-ortho nitro benzene ring substituents is 1. The first-order chi connectivity index (χ1) is 7.58. The van der Waals surface area contributed by atoms with Crippen molar-refractivity contribution in [3.8, 4) is 11.4 Å². The fourth-order valence-electron chi connectivity index (χ4n) is 1.54. The minimum Gasteiger partial charge on any atom is -0.317 e. The van der Waals surface area contributed by atoms with E-state index in [0.29, 0.717) is 11.4 Å². The van der Waals surface area contributed by atoms with E-state index < -0.39 is 4.92 Å². The van der Waals surface area contributed by atoms with Crippen molar-refractivity contribution in [2.75, 3.05) is 0 Å². The molecule has 0 aliphatic rings. The third-order valence-corrected chi connectivity index (χ3v) is 2.24. The lowest BCUT2D eigenvalue weighted by Crippen LogP contribution is -1.94. The average Bonchev–Trinajstić information content (AvgIpc) is 2.63. The molecule has 16 heavy (non-hydrogen) atoms. The second kappa shape index (κ2) is 3.73. The number of aromatic nitrogens is 3. The summed E-state index contributed by atoms with van der Waals surface area (Å²) in [6.07, 6.45) is 1.56. The number of hydrogen-bond donors (Lipinski definition) is 0. The van der Waals surface area contributed by atoms with Gasteiger partial charge in [-0.15, -0.1) is 10.2 Å². The molecule has 6 heteroatoms. The van der Waals surface area contributed by atoms with Crippen LogP contribution in [0.2, 0.25) is 0 Å². The molecule has 0 fully saturated rings. The molecule has 1 heterocycles. The van der Waals surface area contributed by atoms with E-state index in [4.69, 9.17) is 0 Å². The zero-order valence-electron chi connectivity index (χ0n) is 8.91. The molecule has 6 nitrogen and oxygen atoms in total. The Morgan fingerprint density at radius 3 is 2.69 bits per heavy atom. The quantitative estimate of drug-likeness (QED) is 0.568. The molecule has 0 aliphatic heterocycles. The zero-order chi connectivity index (χ0) is 11.7. The van der Waals surface area contributed by atoms with Crippen molar-refractivity contribution < 1.29 is 4.92 Å². The standard InChI is InChI=1S/C10H10N4O2/c1-7-3-8(5-9(4-7)14(15)16)10-12-11-6-13(10)2/h3-6H,1-2H3. The molecular formula is C10H10N4O2. The van der Waals surface area contributed by atoms with E-state index in [1.807, 2.05) is 13.0 Å². The molecule has 0 unspecified atom stereocenters. The molecule has 0 spiro atoms. The number of rotatable bonds is 2. The van der Waals surface area contributed by atoms with Gasteiger partial charge in [0.25, 0.3) is 5.69 Å². The largest absolute Gasteiger partial charge is 0.317 e. The molecule has 82 valence electrons. The number of nitro groups is 1. The number of benzene rings is 1. The molecule has 0 radical (unpaired) electrons. The second-order valence-electron chi connectivity index (χ2n) is 3.58. The summed E-state index contributed by atoms with van der Waals surface area (Å²) >= 11 is 0. The van der Waals surface area contributed by atoms with Crippen LogP contribution < -0.4 is 0 Å². The van der Waals surface area contributed by atoms with E-state index in [0.717, 1.165) is 5.56 Å².